The quantitative estimate of drug-likeness (QED) is 0.264. The highest BCUT2D eigenvalue weighted by Gasteiger charge is 2.27. The number of aryl methyl sites for hydroxylation is 1. The third-order valence-electron chi connectivity index (χ3n) is 7.55. The summed E-state index contributed by atoms with van der Waals surface area (Å²) in [5.41, 5.74) is 6.91. The first-order valence-corrected chi connectivity index (χ1v) is 13.3. The molecule has 0 saturated heterocycles. The molecule has 0 aliphatic carbocycles. The minimum absolute atomic E-state index is 0.0298. The smallest absolute Gasteiger partial charge is 0.304 e. The average Bonchev–Trinajstić information content (AvgIpc) is 3.36. The van der Waals surface area contributed by atoms with E-state index in [1.54, 1.807) is 11.8 Å². The van der Waals surface area contributed by atoms with E-state index in [0.29, 0.717) is 11.3 Å². The number of para-hydroxylation sites is 1. The highest BCUT2D eigenvalue weighted by Crippen LogP contribution is 2.38. The summed E-state index contributed by atoms with van der Waals surface area (Å²) in [4.78, 5) is 14.4. The Hall–Kier alpha value is -4.85. The number of carboxylic acid groups (broad SMARTS) is 1. The predicted octanol–water partition coefficient (Wildman–Crippen LogP) is 5.94. The number of methoxy groups -OCH3 is 1. The molecule has 40 heavy (non-hydrogen) atoms. The van der Waals surface area contributed by atoms with Crippen molar-refractivity contribution in [2.45, 2.75) is 25.3 Å². The van der Waals surface area contributed by atoms with Gasteiger partial charge < -0.3 is 19.5 Å². The van der Waals surface area contributed by atoms with Gasteiger partial charge in [-0.2, -0.15) is 0 Å². The summed E-state index contributed by atoms with van der Waals surface area (Å²) in [5.74, 6) is 1.04. The van der Waals surface area contributed by atoms with Crippen LogP contribution in [-0.4, -0.2) is 39.7 Å². The molecule has 6 rings (SSSR count). The summed E-state index contributed by atoms with van der Waals surface area (Å²) < 4.78 is 13.3. The highest BCUT2D eigenvalue weighted by molar-refractivity contribution is 5.83. The Morgan fingerprint density at radius 2 is 1.77 bits per heavy atom. The van der Waals surface area contributed by atoms with E-state index >= 15 is 0 Å². The van der Waals surface area contributed by atoms with Crippen LogP contribution in [0.1, 0.15) is 34.6 Å². The molecular weight excluding hydrogens is 504 g/mol. The number of benzene rings is 4. The zero-order valence-corrected chi connectivity index (χ0v) is 22.4. The number of nitrogens with zero attached hydrogens (tertiary/aromatic N) is 4. The molecule has 1 aromatic heterocycles. The maximum Gasteiger partial charge on any atom is 0.304 e. The molecule has 1 unspecified atom stereocenters. The molecule has 0 bridgehead atoms. The van der Waals surface area contributed by atoms with Crippen LogP contribution in [0.15, 0.2) is 84.9 Å². The number of hydrogen-bond donors (Lipinski definition) is 1. The highest BCUT2D eigenvalue weighted by atomic mass is 16.5. The summed E-state index contributed by atoms with van der Waals surface area (Å²) in [6.07, 6.45) is 0.784. The Bertz CT molecular complexity index is 1660. The van der Waals surface area contributed by atoms with Gasteiger partial charge in [0, 0.05) is 31.7 Å². The van der Waals surface area contributed by atoms with E-state index in [1.165, 1.54) is 11.1 Å². The van der Waals surface area contributed by atoms with Crippen molar-refractivity contribution >= 4 is 22.7 Å². The first kappa shape index (κ1) is 25.4. The fourth-order valence-electron chi connectivity index (χ4n) is 5.65. The number of anilines is 1. The molecule has 0 spiro atoms. The van der Waals surface area contributed by atoms with Gasteiger partial charge in [-0.25, -0.2) is 4.68 Å². The summed E-state index contributed by atoms with van der Waals surface area (Å²) in [6, 6.07) is 28.0. The fraction of sp³-hybridized carbons (Fsp3) is 0.219. The van der Waals surface area contributed by atoms with E-state index in [4.69, 9.17) is 9.47 Å². The lowest BCUT2D eigenvalue weighted by Gasteiger charge is -2.33. The third kappa shape index (κ3) is 4.96. The molecule has 1 N–H and O–H groups in total. The van der Waals surface area contributed by atoms with E-state index < -0.39 is 5.97 Å². The molecule has 1 atom stereocenters. The van der Waals surface area contributed by atoms with Crippen molar-refractivity contribution in [3.63, 3.8) is 0 Å². The van der Waals surface area contributed by atoms with Crippen molar-refractivity contribution in [1.29, 1.82) is 0 Å². The van der Waals surface area contributed by atoms with Gasteiger partial charge in [0.15, 0.2) is 0 Å². The molecule has 0 amide bonds. The van der Waals surface area contributed by atoms with E-state index in [1.807, 2.05) is 67.7 Å². The number of aromatic nitrogens is 3. The van der Waals surface area contributed by atoms with Crippen molar-refractivity contribution in [2.24, 2.45) is 7.05 Å². The molecule has 8 nitrogen and oxygen atoms in total. The Morgan fingerprint density at radius 3 is 2.52 bits per heavy atom. The zero-order valence-electron chi connectivity index (χ0n) is 22.4. The Labute approximate surface area is 232 Å². The van der Waals surface area contributed by atoms with Crippen LogP contribution in [0.5, 0.6) is 17.2 Å². The van der Waals surface area contributed by atoms with Crippen LogP contribution in [0.25, 0.3) is 11.0 Å². The van der Waals surface area contributed by atoms with Crippen molar-refractivity contribution < 1.29 is 19.4 Å². The van der Waals surface area contributed by atoms with Gasteiger partial charge in [0.05, 0.1) is 13.5 Å². The van der Waals surface area contributed by atoms with E-state index in [2.05, 4.69) is 39.5 Å². The van der Waals surface area contributed by atoms with Gasteiger partial charge in [0.2, 0.25) is 0 Å². The van der Waals surface area contributed by atoms with Gasteiger partial charge in [-0.15, -0.1) is 5.10 Å². The minimum Gasteiger partial charge on any atom is -0.494 e. The van der Waals surface area contributed by atoms with Crippen LogP contribution in [-0.2, 0) is 24.8 Å². The number of fused-ring (bicyclic) bond motifs is 2. The van der Waals surface area contributed by atoms with Gasteiger partial charge >= 0.3 is 5.97 Å². The van der Waals surface area contributed by atoms with Crippen molar-refractivity contribution in [3.8, 4) is 17.2 Å². The van der Waals surface area contributed by atoms with Gasteiger partial charge in [0.1, 0.15) is 28.3 Å². The first-order chi connectivity index (χ1) is 19.5. The maximum absolute atomic E-state index is 12.0. The SMILES string of the molecule is COc1cc(C(CC(=O)O)c2cccc3c2CCN(c2ccc(Oc4ccccc4)cc2)C3)cc2nnn(C)c12. The van der Waals surface area contributed by atoms with Crippen molar-refractivity contribution in [2.75, 3.05) is 18.6 Å². The van der Waals surface area contributed by atoms with Crippen molar-refractivity contribution in [3.05, 3.63) is 107 Å². The molecule has 4 aromatic carbocycles. The van der Waals surface area contributed by atoms with E-state index in [0.717, 1.165) is 53.3 Å². The summed E-state index contributed by atoms with van der Waals surface area (Å²) >= 11 is 0. The lowest BCUT2D eigenvalue weighted by molar-refractivity contribution is -0.137. The monoisotopic (exact) mass is 534 g/mol. The second-order valence-corrected chi connectivity index (χ2v) is 10.0. The topological polar surface area (TPSA) is 89.7 Å². The molecule has 0 radical (unpaired) electrons. The summed E-state index contributed by atoms with van der Waals surface area (Å²) in [6.45, 7) is 1.57. The number of carbonyl (C=O) groups is 1. The van der Waals surface area contributed by atoms with E-state index in [-0.39, 0.29) is 12.3 Å². The molecule has 5 aromatic rings. The number of aliphatic carboxylic acids is 1. The van der Waals surface area contributed by atoms with Crippen molar-refractivity contribution in [1.82, 2.24) is 15.0 Å². The molecule has 202 valence electrons. The number of hydrogen-bond acceptors (Lipinski definition) is 6. The van der Waals surface area contributed by atoms with Crippen LogP contribution < -0.4 is 14.4 Å². The minimum atomic E-state index is -0.851. The van der Waals surface area contributed by atoms with Crippen LogP contribution in [0.4, 0.5) is 5.69 Å². The normalized spacial score (nSPS) is 13.6. The molecule has 0 fully saturated rings. The lowest BCUT2D eigenvalue weighted by atomic mass is 9.82. The lowest BCUT2D eigenvalue weighted by Crippen LogP contribution is -2.31. The second-order valence-electron chi connectivity index (χ2n) is 10.0. The Kier molecular flexibility index (Phi) is 6.82. The summed E-state index contributed by atoms with van der Waals surface area (Å²) in [7, 11) is 3.42. The summed E-state index contributed by atoms with van der Waals surface area (Å²) in [5, 5.41) is 18.3. The largest absolute Gasteiger partial charge is 0.494 e. The van der Waals surface area contributed by atoms with Crippen LogP contribution >= 0.6 is 0 Å². The first-order valence-electron chi connectivity index (χ1n) is 13.3. The molecule has 8 heteroatoms. The number of rotatable bonds is 8. The molecule has 1 aliphatic rings. The van der Waals surface area contributed by atoms with Crippen LogP contribution in [0.3, 0.4) is 0 Å². The van der Waals surface area contributed by atoms with Gasteiger partial charge in [0.25, 0.3) is 0 Å². The molecule has 1 aliphatic heterocycles. The van der Waals surface area contributed by atoms with Gasteiger partial charge in [-0.05, 0) is 77.2 Å². The third-order valence-corrected chi connectivity index (χ3v) is 7.55. The maximum atomic E-state index is 12.0. The van der Waals surface area contributed by atoms with Gasteiger partial charge in [-0.3, -0.25) is 4.79 Å². The van der Waals surface area contributed by atoms with E-state index in [9.17, 15) is 9.90 Å². The molecular formula is C32H30N4O4. The van der Waals surface area contributed by atoms with Gasteiger partial charge in [-0.1, -0.05) is 41.6 Å². The standard InChI is InChI=1S/C32H30N4O4/c1-35-32-29(33-34-35)17-22(18-30(32)39-2)28(19-31(37)38)27-10-6-7-21-20-36(16-15-26(21)27)23-11-13-25(14-12-23)40-24-8-4-3-5-9-24/h3-14,17-18,28H,15-16,19-20H2,1-2H3,(H,37,38). The predicted molar refractivity (Wildman–Crippen MR) is 153 cm³/mol. The average molecular weight is 535 g/mol. The Balaban J connectivity index is 1.29. The second kappa shape index (κ2) is 10.7. The zero-order chi connectivity index (χ0) is 27.6. The fourth-order valence-corrected chi connectivity index (χ4v) is 5.65. The number of carboxylic acids is 1. The molecule has 0 saturated carbocycles. The number of ether oxygens (including phenoxy) is 2. The van der Waals surface area contributed by atoms with Crippen LogP contribution in [0, 0.1) is 0 Å². The molecule has 2 heterocycles. The van der Waals surface area contributed by atoms with Crippen LogP contribution in [0.2, 0.25) is 0 Å². The Morgan fingerprint density at radius 1 is 1.00 bits per heavy atom.